The molecule has 2 heterocycles. The maximum atomic E-state index is 13.8. The number of ether oxygens (including phenoxy) is 3. The van der Waals surface area contributed by atoms with Gasteiger partial charge in [-0.25, -0.2) is 4.79 Å². The average Bonchev–Trinajstić information content (AvgIpc) is 3.21. The van der Waals surface area contributed by atoms with Crippen LogP contribution in [0.5, 0.6) is 0 Å². The summed E-state index contributed by atoms with van der Waals surface area (Å²) in [6.07, 6.45) is 2.98. The first-order chi connectivity index (χ1) is 15.6. The Kier molecular flexibility index (Phi) is 6.75. The van der Waals surface area contributed by atoms with Gasteiger partial charge in [0.1, 0.15) is 24.9 Å². The second kappa shape index (κ2) is 9.13. The van der Waals surface area contributed by atoms with Gasteiger partial charge in [-0.15, -0.1) is 0 Å². The van der Waals surface area contributed by atoms with Crippen molar-refractivity contribution in [3.05, 3.63) is 23.3 Å². The van der Waals surface area contributed by atoms with E-state index in [0.717, 1.165) is 43.3 Å². The van der Waals surface area contributed by atoms with E-state index in [4.69, 9.17) is 14.2 Å². The highest BCUT2D eigenvalue weighted by molar-refractivity contribution is 5.85. The fraction of sp³-hybridized carbons (Fsp3) is 0.760. The minimum absolute atomic E-state index is 0.0288. The fourth-order valence-electron chi connectivity index (χ4n) is 6.46. The summed E-state index contributed by atoms with van der Waals surface area (Å²) in [5.74, 6) is -0.326. The summed E-state index contributed by atoms with van der Waals surface area (Å²) in [7, 11) is 0. The molecule has 184 valence electrons. The van der Waals surface area contributed by atoms with Crippen molar-refractivity contribution in [1.82, 2.24) is 0 Å². The van der Waals surface area contributed by atoms with Gasteiger partial charge in [0.25, 0.3) is 0 Å². The molecule has 2 fully saturated rings. The van der Waals surface area contributed by atoms with E-state index < -0.39 is 36.0 Å². The van der Waals surface area contributed by atoms with Gasteiger partial charge in [-0.3, -0.25) is 4.79 Å². The highest BCUT2D eigenvalue weighted by Crippen LogP contribution is 2.62. The zero-order chi connectivity index (χ0) is 24.0. The molecule has 0 radical (unpaired) electrons. The van der Waals surface area contributed by atoms with E-state index in [1.807, 2.05) is 6.92 Å². The van der Waals surface area contributed by atoms with Crippen LogP contribution in [0.2, 0.25) is 0 Å². The number of carbonyl (C=O) groups is 2. The molecule has 1 saturated heterocycles. The number of hydrogen-bond acceptors (Lipinski definition) is 8. The topological polar surface area (TPSA) is 123 Å². The fourth-order valence-corrected chi connectivity index (χ4v) is 6.46. The Hall–Kier alpha value is -1.74. The molecule has 1 saturated carbocycles. The van der Waals surface area contributed by atoms with Crippen LogP contribution in [-0.4, -0.2) is 65.1 Å². The van der Waals surface area contributed by atoms with Crippen LogP contribution >= 0.6 is 0 Å². The highest BCUT2D eigenvalue weighted by Gasteiger charge is 2.60. The summed E-state index contributed by atoms with van der Waals surface area (Å²) >= 11 is 0. The van der Waals surface area contributed by atoms with Crippen LogP contribution in [0.4, 0.5) is 0 Å². The Morgan fingerprint density at radius 3 is 2.70 bits per heavy atom. The van der Waals surface area contributed by atoms with E-state index in [1.54, 1.807) is 6.08 Å². The summed E-state index contributed by atoms with van der Waals surface area (Å²) in [6.45, 7) is 6.58. The van der Waals surface area contributed by atoms with Crippen molar-refractivity contribution in [2.24, 2.45) is 22.7 Å². The number of fused-ring (bicyclic) bond motifs is 1. The van der Waals surface area contributed by atoms with E-state index in [1.165, 1.54) is 0 Å². The van der Waals surface area contributed by atoms with Crippen molar-refractivity contribution in [2.45, 2.75) is 83.9 Å². The molecule has 0 aromatic carbocycles. The molecule has 8 atom stereocenters. The molecule has 2 aliphatic carbocycles. The van der Waals surface area contributed by atoms with E-state index in [-0.39, 0.29) is 23.9 Å². The first-order valence-electron chi connectivity index (χ1n) is 12.0. The summed E-state index contributed by atoms with van der Waals surface area (Å²) in [5, 5.41) is 30.0. The van der Waals surface area contributed by atoms with Crippen LogP contribution in [-0.2, 0) is 23.8 Å². The van der Waals surface area contributed by atoms with Crippen molar-refractivity contribution >= 4 is 11.9 Å². The number of aliphatic hydroxyl groups is 3. The monoisotopic (exact) mass is 464 g/mol. The van der Waals surface area contributed by atoms with Crippen LogP contribution in [0.1, 0.15) is 59.3 Å². The van der Waals surface area contributed by atoms with Gasteiger partial charge in [0.05, 0.1) is 12.0 Å². The average molecular weight is 465 g/mol. The Labute approximate surface area is 194 Å². The molecule has 0 amide bonds. The third kappa shape index (κ3) is 4.16. The molecular weight excluding hydrogens is 428 g/mol. The van der Waals surface area contributed by atoms with Gasteiger partial charge in [-0.05, 0) is 68.3 Å². The lowest BCUT2D eigenvalue weighted by molar-refractivity contribution is -0.269. The van der Waals surface area contributed by atoms with Crippen molar-refractivity contribution in [3.8, 4) is 0 Å². The van der Waals surface area contributed by atoms with E-state index in [2.05, 4.69) is 19.9 Å². The maximum Gasteiger partial charge on any atom is 0.331 e. The van der Waals surface area contributed by atoms with Crippen molar-refractivity contribution in [1.29, 1.82) is 0 Å². The van der Waals surface area contributed by atoms with Crippen LogP contribution in [0, 0.1) is 22.7 Å². The largest absolute Gasteiger partial charge is 0.458 e. The van der Waals surface area contributed by atoms with Crippen LogP contribution < -0.4 is 0 Å². The summed E-state index contributed by atoms with van der Waals surface area (Å²) < 4.78 is 16.1. The van der Waals surface area contributed by atoms with Gasteiger partial charge in [-0.2, -0.15) is 0 Å². The zero-order valence-electron chi connectivity index (χ0n) is 19.7. The van der Waals surface area contributed by atoms with Crippen LogP contribution in [0.15, 0.2) is 23.3 Å². The smallest absolute Gasteiger partial charge is 0.331 e. The van der Waals surface area contributed by atoms with Gasteiger partial charge < -0.3 is 29.5 Å². The van der Waals surface area contributed by atoms with Gasteiger partial charge in [0.2, 0.25) is 6.29 Å². The Morgan fingerprint density at radius 2 is 2.00 bits per heavy atom. The third-order valence-corrected chi connectivity index (χ3v) is 8.85. The first kappa shape index (κ1) is 24.4. The van der Waals surface area contributed by atoms with E-state index in [9.17, 15) is 24.9 Å². The van der Waals surface area contributed by atoms with Crippen molar-refractivity contribution < 1.29 is 39.1 Å². The Bertz CT molecular complexity index is 849. The second-order valence-electron chi connectivity index (χ2n) is 10.5. The molecule has 3 N–H and O–H groups in total. The summed E-state index contributed by atoms with van der Waals surface area (Å²) in [6, 6.07) is 0. The quantitative estimate of drug-likeness (QED) is 0.417. The normalized spacial score (nSPS) is 43.3. The van der Waals surface area contributed by atoms with Gasteiger partial charge in [-0.1, -0.05) is 25.5 Å². The Balaban J connectivity index is 1.59. The number of hydrogen-bond donors (Lipinski definition) is 3. The first-order valence-corrected chi connectivity index (χ1v) is 12.0. The van der Waals surface area contributed by atoms with E-state index in [0.29, 0.717) is 18.9 Å². The molecule has 0 bridgehead atoms. The van der Waals surface area contributed by atoms with Gasteiger partial charge in [0, 0.05) is 6.08 Å². The zero-order valence-corrected chi connectivity index (χ0v) is 19.7. The minimum atomic E-state index is -1.51. The summed E-state index contributed by atoms with van der Waals surface area (Å²) in [4.78, 5) is 25.3. The molecule has 4 aliphatic rings. The number of cyclic esters (lactones) is 1. The lowest BCUT2D eigenvalue weighted by Gasteiger charge is -2.57. The molecule has 8 heteroatoms. The second-order valence-corrected chi connectivity index (χ2v) is 10.5. The van der Waals surface area contributed by atoms with E-state index >= 15 is 0 Å². The molecule has 0 aromatic heterocycles. The summed E-state index contributed by atoms with van der Waals surface area (Å²) in [5.41, 5.74) is 0.967. The van der Waals surface area contributed by atoms with Crippen molar-refractivity contribution in [3.63, 3.8) is 0 Å². The molecular formula is C25H36O8. The molecule has 33 heavy (non-hydrogen) atoms. The number of esters is 2. The lowest BCUT2D eigenvalue weighted by atomic mass is 9.46. The highest BCUT2D eigenvalue weighted by atomic mass is 16.7. The van der Waals surface area contributed by atoms with Gasteiger partial charge >= 0.3 is 11.9 Å². The predicted molar refractivity (Wildman–Crippen MR) is 118 cm³/mol. The lowest BCUT2D eigenvalue weighted by Crippen LogP contribution is -2.58. The van der Waals surface area contributed by atoms with Crippen LogP contribution in [0.25, 0.3) is 0 Å². The van der Waals surface area contributed by atoms with Crippen LogP contribution in [0.3, 0.4) is 0 Å². The predicted octanol–water partition coefficient (Wildman–Crippen LogP) is 2.01. The Morgan fingerprint density at radius 1 is 1.24 bits per heavy atom. The molecule has 2 aliphatic heterocycles. The molecule has 0 aromatic rings. The number of aliphatic hydroxyl groups excluding tert-OH is 3. The molecule has 4 rings (SSSR count). The minimum Gasteiger partial charge on any atom is -0.458 e. The number of allylic oxidation sites excluding steroid dienone is 1. The maximum absolute atomic E-state index is 13.8. The van der Waals surface area contributed by atoms with Gasteiger partial charge in [0.15, 0.2) is 0 Å². The molecule has 0 spiro atoms. The molecule has 8 nitrogen and oxygen atoms in total. The molecule has 0 unspecified atom stereocenters. The number of carbonyl (C=O) groups excluding carboxylic acids is 2. The standard InChI is InChI=1S/C25H36O8/c1-14-7-10-25(23(30)33-22-21(29)20(28)17(26)13-32-22)15(2)5-4-6-18(25)24(14,3)9-8-16-11-19(27)31-12-16/h5,11,14,17-18,20-22,26,28-29H,4,6-10,12-13H2,1-3H3/t14-,17-,18-,20-,21-,22-,24+,25+/m0/s1. The third-order valence-electron chi connectivity index (χ3n) is 8.85. The SMILES string of the molecule is CC1=CCC[C@@H]2[C@@]1(C(=O)O[C@@H]1OC[C@H](O)[C@H](O)[C@@H]1O)CC[C@H](C)[C@@]2(C)CCC1=CC(=O)OC1. The number of rotatable bonds is 5. The van der Waals surface area contributed by atoms with Crippen molar-refractivity contribution in [2.75, 3.05) is 13.2 Å².